The number of phenols is 1. The van der Waals surface area contributed by atoms with Crippen LogP contribution >= 0.6 is 0 Å². The number of aliphatic hydroxyl groups excluding tert-OH is 1. The number of carbonyl (C=O) groups is 2. The van der Waals surface area contributed by atoms with Crippen molar-refractivity contribution in [3.63, 3.8) is 0 Å². The lowest BCUT2D eigenvalue weighted by atomic mass is 9.72. The molecule has 4 atom stereocenters. The third-order valence-corrected chi connectivity index (χ3v) is 6.99. The molecule has 9 heteroatoms. The number of hydrogen-bond acceptors (Lipinski definition) is 7. The van der Waals surface area contributed by atoms with Crippen molar-refractivity contribution in [2.24, 2.45) is 5.41 Å². The summed E-state index contributed by atoms with van der Waals surface area (Å²) in [7, 11) is 1.47. The normalized spacial score (nSPS) is 21.0. The van der Waals surface area contributed by atoms with E-state index in [1.807, 2.05) is 43.3 Å². The number of likely N-dealkylation sites (tertiary alicyclic amines) is 1. The van der Waals surface area contributed by atoms with Gasteiger partial charge in [0.25, 0.3) is 0 Å². The Labute approximate surface area is 224 Å². The number of nitrogens with zero attached hydrogens (tertiary/aromatic N) is 1. The molecular formula is C29H40N2O7. The topological polar surface area (TPSA) is 118 Å². The fourth-order valence-corrected chi connectivity index (χ4v) is 4.73. The maximum Gasteiger partial charge on any atom is 0.408 e. The molecule has 0 unspecified atom stereocenters. The minimum atomic E-state index is -0.991. The van der Waals surface area contributed by atoms with Crippen LogP contribution in [0.15, 0.2) is 48.5 Å². The highest BCUT2D eigenvalue weighted by molar-refractivity contribution is 5.86. The van der Waals surface area contributed by atoms with Crippen molar-refractivity contribution in [2.45, 2.75) is 64.9 Å². The summed E-state index contributed by atoms with van der Waals surface area (Å²) in [6, 6.07) is 13.7. The van der Waals surface area contributed by atoms with E-state index in [0.29, 0.717) is 5.75 Å². The average Bonchev–Trinajstić information content (AvgIpc) is 3.21. The Morgan fingerprint density at radius 2 is 1.87 bits per heavy atom. The Bertz CT molecular complexity index is 1100. The summed E-state index contributed by atoms with van der Waals surface area (Å²) in [5.74, 6) is -0.274. The molecule has 0 spiro atoms. The van der Waals surface area contributed by atoms with Crippen LogP contribution in [-0.4, -0.2) is 71.7 Å². The minimum Gasteiger partial charge on any atom is -0.504 e. The van der Waals surface area contributed by atoms with Gasteiger partial charge in [0.1, 0.15) is 11.6 Å². The van der Waals surface area contributed by atoms with E-state index in [2.05, 4.69) is 5.32 Å². The van der Waals surface area contributed by atoms with Crippen molar-refractivity contribution >= 4 is 12.0 Å². The fourth-order valence-electron chi connectivity index (χ4n) is 4.73. The Hall–Kier alpha value is -3.30. The summed E-state index contributed by atoms with van der Waals surface area (Å²) in [4.78, 5) is 28.0. The lowest BCUT2D eigenvalue weighted by Gasteiger charge is -2.34. The summed E-state index contributed by atoms with van der Waals surface area (Å²) in [5, 5.41) is 23.8. The number of ether oxygens (including phenoxy) is 3. The van der Waals surface area contributed by atoms with Gasteiger partial charge in [0, 0.05) is 24.4 Å². The molecule has 0 aromatic heterocycles. The molecule has 0 aliphatic carbocycles. The van der Waals surface area contributed by atoms with Crippen molar-refractivity contribution < 1.29 is 34.0 Å². The van der Waals surface area contributed by atoms with Crippen molar-refractivity contribution in [2.75, 3.05) is 26.8 Å². The fraction of sp³-hybridized carbons (Fsp3) is 0.517. The van der Waals surface area contributed by atoms with E-state index in [9.17, 15) is 19.8 Å². The van der Waals surface area contributed by atoms with Gasteiger partial charge in [-0.15, -0.1) is 0 Å². The summed E-state index contributed by atoms with van der Waals surface area (Å²) in [6.07, 6.45) is -1.46. The van der Waals surface area contributed by atoms with Crippen LogP contribution in [-0.2, 0) is 20.9 Å². The average molecular weight is 529 g/mol. The quantitative estimate of drug-likeness (QED) is 0.453. The number of aliphatic hydroxyl groups is 1. The van der Waals surface area contributed by atoms with E-state index in [1.54, 1.807) is 44.7 Å². The molecule has 9 nitrogen and oxygen atoms in total. The molecule has 0 saturated carbocycles. The van der Waals surface area contributed by atoms with Crippen molar-refractivity contribution in [3.05, 3.63) is 59.7 Å². The van der Waals surface area contributed by atoms with Crippen molar-refractivity contribution in [1.82, 2.24) is 10.2 Å². The summed E-state index contributed by atoms with van der Waals surface area (Å²) in [6.45, 7) is 9.63. The largest absolute Gasteiger partial charge is 0.504 e. The van der Waals surface area contributed by atoms with Gasteiger partial charge in [-0.2, -0.15) is 0 Å². The lowest BCUT2D eigenvalue weighted by Crippen LogP contribution is -2.52. The summed E-state index contributed by atoms with van der Waals surface area (Å²) in [5.41, 5.74) is 0.290. The Morgan fingerprint density at radius 1 is 1.18 bits per heavy atom. The van der Waals surface area contributed by atoms with Gasteiger partial charge >= 0.3 is 6.09 Å². The molecule has 2 aromatic carbocycles. The number of methoxy groups -OCH3 is 1. The van der Waals surface area contributed by atoms with E-state index in [4.69, 9.17) is 14.2 Å². The highest BCUT2D eigenvalue weighted by Gasteiger charge is 2.49. The number of benzene rings is 2. The van der Waals surface area contributed by atoms with Gasteiger partial charge in [0.05, 0.1) is 26.4 Å². The predicted molar refractivity (Wildman–Crippen MR) is 143 cm³/mol. The zero-order valence-electron chi connectivity index (χ0n) is 23.1. The van der Waals surface area contributed by atoms with Crippen LogP contribution < -0.4 is 10.1 Å². The van der Waals surface area contributed by atoms with E-state index in [-0.39, 0.29) is 43.9 Å². The number of carbonyl (C=O) groups excluding carboxylic acids is 2. The van der Waals surface area contributed by atoms with Crippen LogP contribution in [0.5, 0.6) is 11.5 Å². The highest BCUT2D eigenvalue weighted by atomic mass is 16.6. The zero-order valence-corrected chi connectivity index (χ0v) is 23.1. The molecule has 1 aliphatic heterocycles. The third kappa shape index (κ3) is 7.17. The minimum absolute atomic E-state index is 0.0125. The first kappa shape index (κ1) is 29.3. The molecule has 0 bridgehead atoms. The van der Waals surface area contributed by atoms with Gasteiger partial charge in [-0.25, -0.2) is 4.79 Å². The standard InChI is InChI=1S/C29H40N2O7/c1-19(32)29(5)18-31(15-22(29)21-12-13-25(36-6)24(33)14-21)26(34)23(30-27(35)38-28(2,3)4)17-37-16-20-10-8-7-9-11-20/h7-14,19,22-23,32-33H,15-18H2,1-6H3,(H,30,35)/t19-,22+,23-,29-/m1/s1. The molecule has 0 radical (unpaired) electrons. The molecule has 1 fully saturated rings. The van der Waals surface area contributed by atoms with E-state index >= 15 is 0 Å². The zero-order chi connectivity index (χ0) is 28.1. The highest BCUT2D eigenvalue weighted by Crippen LogP contribution is 2.46. The molecule has 208 valence electrons. The molecule has 3 N–H and O–H groups in total. The SMILES string of the molecule is COc1ccc([C@@H]2CN(C(=O)[C@@H](COCc3ccccc3)NC(=O)OC(C)(C)C)C[C@]2(C)[C@@H](C)O)cc1O. The smallest absolute Gasteiger partial charge is 0.408 e. The molecule has 2 amide bonds. The Balaban J connectivity index is 1.82. The number of rotatable bonds is 9. The second-order valence-corrected chi connectivity index (χ2v) is 11.1. The Kier molecular flexibility index (Phi) is 9.27. The second-order valence-electron chi connectivity index (χ2n) is 11.1. The molecule has 2 aromatic rings. The number of phenolic OH excluding ortho intramolecular Hbond substituents is 1. The monoisotopic (exact) mass is 528 g/mol. The summed E-state index contributed by atoms with van der Waals surface area (Å²) < 4.78 is 16.4. The van der Waals surface area contributed by atoms with Crippen LogP contribution in [0.25, 0.3) is 0 Å². The van der Waals surface area contributed by atoms with Crippen LogP contribution in [0.4, 0.5) is 4.79 Å². The second kappa shape index (κ2) is 12.0. The van der Waals surface area contributed by atoms with Gasteiger partial charge < -0.3 is 34.6 Å². The number of amides is 2. The van der Waals surface area contributed by atoms with Crippen molar-refractivity contribution in [1.29, 1.82) is 0 Å². The van der Waals surface area contributed by atoms with Gasteiger partial charge in [0.15, 0.2) is 11.5 Å². The predicted octanol–water partition coefficient (Wildman–Crippen LogP) is 3.82. The number of aromatic hydroxyl groups is 1. The van der Waals surface area contributed by atoms with E-state index in [0.717, 1.165) is 11.1 Å². The molecular weight excluding hydrogens is 488 g/mol. The van der Waals surface area contributed by atoms with Crippen molar-refractivity contribution in [3.8, 4) is 11.5 Å². The van der Waals surface area contributed by atoms with Gasteiger partial charge in [-0.3, -0.25) is 4.79 Å². The van der Waals surface area contributed by atoms with Gasteiger partial charge in [-0.1, -0.05) is 43.3 Å². The number of alkyl carbamates (subject to hydrolysis) is 1. The van der Waals surface area contributed by atoms with Gasteiger partial charge in [0.2, 0.25) is 5.91 Å². The molecule has 3 rings (SSSR count). The van der Waals surface area contributed by atoms with Crippen LogP contribution in [0.2, 0.25) is 0 Å². The molecule has 1 heterocycles. The van der Waals surface area contributed by atoms with Crippen LogP contribution in [0.3, 0.4) is 0 Å². The number of nitrogens with one attached hydrogen (secondary N) is 1. The molecule has 1 aliphatic rings. The maximum absolute atomic E-state index is 13.8. The number of hydrogen-bond donors (Lipinski definition) is 3. The lowest BCUT2D eigenvalue weighted by molar-refractivity contribution is -0.134. The maximum atomic E-state index is 13.8. The first-order valence-electron chi connectivity index (χ1n) is 12.8. The first-order chi connectivity index (χ1) is 17.8. The summed E-state index contributed by atoms with van der Waals surface area (Å²) >= 11 is 0. The molecule has 1 saturated heterocycles. The Morgan fingerprint density at radius 3 is 2.45 bits per heavy atom. The van der Waals surface area contributed by atoms with E-state index < -0.39 is 29.3 Å². The van der Waals surface area contributed by atoms with Gasteiger partial charge in [-0.05, 0) is 51.0 Å². The van der Waals surface area contributed by atoms with Crippen LogP contribution in [0, 0.1) is 5.41 Å². The third-order valence-electron chi connectivity index (χ3n) is 6.99. The van der Waals surface area contributed by atoms with E-state index in [1.165, 1.54) is 7.11 Å². The first-order valence-corrected chi connectivity index (χ1v) is 12.8. The van der Waals surface area contributed by atoms with Crippen LogP contribution in [0.1, 0.15) is 51.7 Å². The molecule has 38 heavy (non-hydrogen) atoms.